The van der Waals surface area contributed by atoms with Crippen molar-refractivity contribution in [2.45, 2.75) is 18.4 Å². The van der Waals surface area contributed by atoms with E-state index in [1.807, 2.05) is 0 Å². The van der Waals surface area contributed by atoms with Crippen LogP contribution in [0.25, 0.3) is 11.0 Å². The summed E-state index contributed by atoms with van der Waals surface area (Å²) in [4.78, 5) is 18.6. The maximum Gasteiger partial charge on any atom is 0.449 e. The zero-order valence-electron chi connectivity index (χ0n) is 16.6. The van der Waals surface area contributed by atoms with E-state index in [1.54, 1.807) is 30.3 Å². The van der Waals surface area contributed by atoms with Gasteiger partial charge in [-0.3, -0.25) is 4.79 Å². The smallest absolute Gasteiger partial charge is 0.341 e. The van der Waals surface area contributed by atoms with Crippen LogP contribution in [0.5, 0.6) is 0 Å². The number of carbonyl (C=O) groups is 1. The normalized spacial score (nSPS) is 13.2. The summed E-state index contributed by atoms with van der Waals surface area (Å²) in [5, 5.41) is 2.58. The number of benzene rings is 3. The summed E-state index contributed by atoms with van der Waals surface area (Å²) < 4.78 is 79.2. The Labute approximate surface area is 183 Å². The van der Waals surface area contributed by atoms with Crippen molar-refractivity contribution >= 4 is 16.9 Å². The van der Waals surface area contributed by atoms with Crippen molar-refractivity contribution < 1.29 is 31.1 Å². The van der Waals surface area contributed by atoms with Crippen molar-refractivity contribution in [3.05, 3.63) is 101 Å². The minimum Gasteiger partial charge on any atom is -0.341 e. The van der Waals surface area contributed by atoms with Gasteiger partial charge in [0.2, 0.25) is 5.82 Å². The fourth-order valence-corrected chi connectivity index (χ4v) is 3.48. The molecule has 1 unspecified atom stereocenters. The SMILES string of the molecule is O=C(NC(c1ccccc1)c1ccc2nc(C(F)(F)F)[nH]c2c1)c1ccccc1C(F)(F)F. The molecule has 0 fully saturated rings. The van der Waals surface area contributed by atoms with Crippen molar-refractivity contribution in [2.24, 2.45) is 0 Å². The molecule has 10 heteroatoms. The van der Waals surface area contributed by atoms with Gasteiger partial charge in [0.05, 0.1) is 28.2 Å². The number of carbonyl (C=O) groups excluding carboxylic acids is 1. The van der Waals surface area contributed by atoms with Crippen molar-refractivity contribution in [2.75, 3.05) is 0 Å². The van der Waals surface area contributed by atoms with E-state index in [-0.39, 0.29) is 11.0 Å². The van der Waals surface area contributed by atoms with Gasteiger partial charge >= 0.3 is 12.4 Å². The Bertz CT molecular complexity index is 1300. The molecule has 1 heterocycles. The minimum absolute atomic E-state index is 0.0617. The number of hydrogen-bond acceptors (Lipinski definition) is 2. The van der Waals surface area contributed by atoms with Gasteiger partial charge in [0.25, 0.3) is 5.91 Å². The molecule has 0 saturated carbocycles. The summed E-state index contributed by atoms with van der Waals surface area (Å²) in [7, 11) is 0. The number of imidazole rings is 1. The molecule has 1 aromatic heterocycles. The monoisotopic (exact) mass is 463 g/mol. The van der Waals surface area contributed by atoms with Crippen LogP contribution in [0.4, 0.5) is 26.3 Å². The molecule has 1 amide bonds. The maximum absolute atomic E-state index is 13.4. The number of aromatic nitrogens is 2. The van der Waals surface area contributed by atoms with Crippen LogP contribution in [0, 0.1) is 0 Å². The zero-order chi connectivity index (χ0) is 23.8. The molecule has 4 rings (SSSR count). The zero-order valence-corrected chi connectivity index (χ0v) is 16.6. The predicted octanol–water partition coefficient (Wildman–Crippen LogP) is 6.12. The summed E-state index contributed by atoms with van der Waals surface area (Å²) in [5.41, 5.74) is -0.618. The Morgan fingerprint density at radius 1 is 0.818 bits per heavy atom. The average Bonchev–Trinajstić information content (AvgIpc) is 3.21. The molecule has 0 spiro atoms. The standard InChI is InChI=1S/C23H15F6N3O/c24-22(25,26)16-9-5-4-8-15(16)20(33)32-19(13-6-2-1-3-7-13)14-10-11-17-18(12-14)31-21(30-17)23(27,28)29/h1-12,19H,(H,30,31)(H,32,33). The van der Waals surface area contributed by atoms with Crippen LogP contribution in [-0.2, 0) is 12.4 Å². The van der Waals surface area contributed by atoms with Crippen LogP contribution in [0.1, 0.15) is 38.9 Å². The predicted molar refractivity (Wildman–Crippen MR) is 108 cm³/mol. The Balaban J connectivity index is 1.76. The highest BCUT2D eigenvalue weighted by atomic mass is 19.4. The largest absolute Gasteiger partial charge is 0.449 e. The summed E-state index contributed by atoms with van der Waals surface area (Å²) in [5.74, 6) is -2.15. The number of halogens is 6. The van der Waals surface area contributed by atoms with Crippen LogP contribution in [0.3, 0.4) is 0 Å². The Kier molecular flexibility index (Phi) is 5.61. The number of hydrogen-bond donors (Lipinski definition) is 2. The number of amides is 1. The van der Waals surface area contributed by atoms with Gasteiger partial charge in [-0.1, -0.05) is 48.5 Å². The molecule has 4 nitrogen and oxygen atoms in total. The molecule has 0 aliphatic heterocycles. The number of fused-ring (bicyclic) bond motifs is 1. The van der Waals surface area contributed by atoms with Crippen LogP contribution in [0.2, 0.25) is 0 Å². The maximum atomic E-state index is 13.4. The fraction of sp³-hybridized carbons (Fsp3) is 0.130. The molecular weight excluding hydrogens is 448 g/mol. The first-order valence-corrected chi connectivity index (χ1v) is 9.63. The lowest BCUT2D eigenvalue weighted by Gasteiger charge is -2.21. The Hall–Kier alpha value is -3.82. The highest BCUT2D eigenvalue weighted by molar-refractivity contribution is 5.96. The number of H-pyrrole nitrogens is 1. The quantitative estimate of drug-likeness (QED) is 0.358. The van der Waals surface area contributed by atoms with Crippen molar-refractivity contribution in [1.29, 1.82) is 0 Å². The molecular formula is C23H15F6N3O. The number of alkyl halides is 6. The fourth-order valence-electron chi connectivity index (χ4n) is 3.48. The summed E-state index contributed by atoms with van der Waals surface area (Å²) in [6, 6.07) is 16.0. The molecule has 0 radical (unpaired) electrons. The molecule has 0 aliphatic carbocycles. The van der Waals surface area contributed by atoms with Crippen molar-refractivity contribution in [3.63, 3.8) is 0 Å². The number of nitrogens with one attached hydrogen (secondary N) is 2. The van der Waals surface area contributed by atoms with Gasteiger partial charge in [0.15, 0.2) is 0 Å². The van der Waals surface area contributed by atoms with Gasteiger partial charge in [0.1, 0.15) is 0 Å². The van der Waals surface area contributed by atoms with E-state index in [1.165, 1.54) is 30.3 Å². The van der Waals surface area contributed by atoms with Gasteiger partial charge in [0, 0.05) is 0 Å². The molecule has 170 valence electrons. The summed E-state index contributed by atoms with van der Waals surface area (Å²) >= 11 is 0. The molecule has 0 saturated heterocycles. The van der Waals surface area contributed by atoms with Crippen LogP contribution < -0.4 is 5.32 Å². The van der Waals surface area contributed by atoms with Gasteiger partial charge in [-0.05, 0) is 35.4 Å². The van der Waals surface area contributed by atoms with E-state index >= 15 is 0 Å². The molecule has 3 aromatic carbocycles. The third-order valence-corrected chi connectivity index (χ3v) is 4.99. The third kappa shape index (κ3) is 4.69. The second-order valence-corrected chi connectivity index (χ2v) is 7.22. The highest BCUT2D eigenvalue weighted by Gasteiger charge is 2.36. The molecule has 0 bridgehead atoms. The molecule has 1 atom stereocenters. The average molecular weight is 463 g/mol. The van der Waals surface area contributed by atoms with E-state index in [0.29, 0.717) is 11.1 Å². The first-order chi connectivity index (χ1) is 15.5. The van der Waals surface area contributed by atoms with E-state index in [2.05, 4.69) is 15.3 Å². The summed E-state index contributed by atoms with van der Waals surface area (Å²) in [6.07, 6.45) is -9.41. The van der Waals surface area contributed by atoms with Crippen molar-refractivity contribution in [1.82, 2.24) is 15.3 Å². The number of rotatable bonds is 4. The second-order valence-electron chi connectivity index (χ2n) is 7.22. The third-order valence-electron chi connectivity index (χ3n) is 4.99. The molecule has 33 heavy (non-hydrogen) atoms. The van der Waals surface area contributed by atoms with Gasteiger partial charge < -0.3 is 10.3 Å². The highest BCUT2D eigenvalue weighted by Crippen LogP contribution is 2.33. The lowest BCUT2D eigenvalue weighted by molar-refractivity contribution is -0.144. The first kappa shape index (κ1) is 22.4. The number of nitrogens with zero attached hydrogens (tertiary/aromatic N) is 1. The van der Waals surface area contributed by atoms with Gasteiger partial charge in [-0.15, -0.1) is 0 Å². The Morgan fingerprint density at radius 2 is 1.48 bits per heavy atom. The molecule has 4 aromatic rings. The first-order valence-electron chi connectivity index (χ1n) is 9.63. The topological polar surface area (TPSA) is 57.8 Å². The molecule has 2 N–H and O–H groups in total. The van der Waals surface area contributed by atoms with Gasteiger partial charge in [-0.2, -0.15) is 26.3 Å². The lowest BCUT2D eigenvalue weighted by atomic mass is 9.97. The van der Waals surface area contributed by atoms with E-state index in [4.69, 9.17) is 0 Å². The van der Waals surface area contributed by atoms with Gasteiger partial charge in [-0.25, -0.2) is 4.98 Å². The van der Waals surface area contributed by atoms with E-state index in [9.17, 15) is 31.1 Å². The van der Waals surface area contributed by atoms with Crippen molar-refractivity contribution in [3.8, 4) is 0 Å². The van der Waals surface area contributed by atoms with E-state index < -0.39 is 41.3 Å². The second kappa shape index (κ2) is 8.27. The Morgan fingerprint density at radius 3 is 2.15 bits per heavy atom. The van der Waals surface area contributed by atoms with Crippen LogP contribution in [-0.4, -0.2) is 15.9 Å². The van der Waals surface area contributed by atoms with Crippen LogP contribution >= 0.6 is 0 Å². The van der Waals surface area contributed by atoms with Crippen LogP contribution in [0.15, 0.2) is 72.8 Å². The number of aromatic amines is 1. The summed E-state index contributed by atoms with van der Waals surface area (Å²) in [6.45, 7) is 0. The molecule has 0 aliphatic rings. The minimum atomic E-state index is -4.74. The van der Waals surface area contributed by atoms with E-state index in [0.717, 1.165) is 12.1 Å². The lowest BCUT2D eigenvalue weighted by Crippen LogP contribution is -2.31.